The lowest BCUT2D eigenvalue weighted by Gasteiger charge is -2.07. The lowest BCUT2D eigenvalue weighted by Crippen LogP contribution is -2.26. The third-order valence-corrected chi connectivity index (χ3v) is 2.86. The summed E-state index contributed by atoms with van der Waals surface area (Å²) in [7, 11) is 1.79. The molecule has 0 unspecified atom stereocenters. The third-order valence-electron chi connectivity index (χ3n) is 2.09. The van der Waals surface area contributed by atoms with Gasteiger partial charge in [-0.1, -0.05) is 15.9 Å². The Morgan fingerprint density at radius 1 is 1.47 bits per heavy atom. The Kier molecular flexibility index (Phi) is 8.12. The smallest absolute Gasteiger partial charge is 0.221 e. The molecule has 2 N–H and O–H groups in total. The summed E-state index contributed by atoms with van der Waals surface area (Å²) in [6.45, 7) is 0.969. The molecule has 0 spiro atoms. The van der Waals surface area contributed by atoms with E-state index in [1.165, 1.54) is 12.1 Å². The Bertz CT molecular complexity index is 376. The molecule has 17 heavy (non-hydrogen) atoms. The zero-order valence-corrected chi connectivity index (χ0v) is 11.8. The number of carbonyl (C=O) groups excluding carboxylic acids is 1. The van der Waals surface area contributed by atoms with Crippen molar-refractivity contribution in [3.63, 3.8) is 0 Å². The Hall–Kier alpha value is -0.650. The lowest BCUT2D eigenvalue weighted by atomic mass is 10.2. The van der Waals surface area contributed by atoms with E-state index in [0.29, 0.717) is 19.5 Å². The predicted octanol–water partition coefficient (Wildman–Crippen LogP) is 2.24. The van der Waals surface area contributed by atoms with Gasteiger partial charge in [0.1, 0.15) is 5.82 Å². The number of hydrogen-bond donors (Lipinski definition) is 2. The van der Waals surface area contributed by atoms with Crippen molar-refractivity contribution in [1.29, 1.82) is 0 Å². The lowest BCUT2D eigenvalue weighted by molar-refractivity contribution is -0.121. The Morgan fingerprint density at radius 2 is 2.18 bits per heavy atom. The highest BCUT2D eigenvalue weighted by molar-refractivity contribution is 9.10. The minimum absolute atomic E-state index is 0. The van der Waals surface area contributed by atoms with Crippen molar-refractivity contribution in [2.24, 2.45) is 0 Å². The van der Waals surface area contributed by atoms with Gasteiger partial charge in [0, 0.05) is 24.0 Å². The van der Waals surface area contributed by atoms with Gasteiger partial charge >= 0.3 is 0 Å². The summed E-state index contributed by atoms with van der Waals surface area (Å²) in [6, 6.07) is 4.41. The first-order chi connectivity index (χ1) is 7.63. The molecule has 0 aliphatic rings. The normalized spacial score (nSPS) is 9.59. The molecule has 0 aliphatic carbocycles. The average molecular weight is 326 g/mol. The van der Waals surface area contributed by atoms with Gasteiger partial charge in [-0.05, 0) is 30.8 Å². The molecule has 1 aromatic carbocycles. The summed E-state index contributed by atoms with van der Waals surface area (Å²) in [5.74, 6) is -0.354. The molecule has 6 heteroatoms. The topological polar surface area (TPSA) is 41.1 Å². The van der Waals surface area contributed by atoms with E-state index in [-0.39, 0.29) is 24.1 Å². The van der Waals surface area contributed by atoms with Crippen LogP contribution in [0, 0.1) is 5.82 Å². The first-order valence-electron chi connectivity index (χ1n) is 4.98. The summed E-state index contributed by atoms with van der Waals surface area (Å²) in [5, 5.41) is 5.61. The fourth-order valence-electron chi connectivity index (χ4n) is 1.20. The van der Waals surface area contributed by atoms with Gasteiger partial charge in [0.15, 0.2) is 0 Å². The zero-order valence-electron chi connectivity index (χ0n) is 9.43. The number of hydrogen-bond acceptors (Lipinski definition) is 2. The highest BCUT2D eigenvalue weighted by Crippen LogP contribution is 2.17. The van der Waals surface area contributed by atoms with Crippen LogP contribution in [0.3, 0.4) is 0 Å². The molecule has 0 radical (unpaired) electrons. The van der Waals surface area contributed by atoms with E-state index in [9.17, 15) is 9.18 Å². The summed E-state index contributed by atoms with van der Waals surface area (Å²) in [5.41, 5.74) is 0.734. The standard InChI is InChI=1S/C11H14BrFN2O.ClH/c1-14-5-4-11(16)15-7-8-6-9(13)2-3-10(8)12;/h2-3,6,14H,4-5,7H2,1H3,(H,15,16);1H. The highest BCUT2D eigenvalue weighted by Gasteiger charge is 2.04. The van der Waals surface area contributed by atoms with Crippen LogP contribution in [0.2, 0.25) is 0 Å². The predicted molar refractivity (Wildman–Crippen MR) is 71.7 cm³/mol. The maximum atomic E-state index is 12.9. The average Bonchev–Trinajstić information content (AvgIpc) is 2.27. The number of nitrogens with one attached hydrogen (secondary N) is 2. The van der Waals surface area contributed by atoms with Gasteiger partial charge in [0.05, 0.1) is 0 Å². The van der Waals surface area contributed by atoms with Crippen LogP contribution < -0.4 is 10.6 Å². The number of carbonyl (C=O) groups is 1. The second-order valence-corrected chi connectivity index (χ2v) is 4.22. The molecule has 3 nitrogen and oxygen atoms in total. The molecule has 0 aliphatic heterocycles. The van der Waals surface area contributed by atoms with E-state index in [1.807, 2.05) is 0 Å². The van der Waals surface area contributed by atoms with Crippen molar-refractivity contribution in [2.45, 2.75) is 13.0 Å². The van der Waals surface area contributed by atoms with Crippen molar-refractivity contribution in [3.8, 4) is 0 Å². The Balaban J connectivity index is 0.00000256. The van der Waals surface area contributed by atoms with Gasteiger partial charge in [-0.2, -0.15) is 0 Å². The van der Waals surface area contributed by atoms with E-state index < -0.39 is 0 Å². The number of rotatable bonds is 5. The quantitative estimate of drug-likeness (QED) is 0.872. The van der Waals surface area contributed by atoms with Crippen LogP contribution in [-0.4, -0.2) is 19.5 Å². The van der Waals surface area contributed by atoms with E-state index in [0.717, 1.165) is 10.0 Å². The van der Waals surface area contributed by atoms with Gasteiger partial charge in [0.25, 0.3) is 0 Å². The fraction of sp³-hybridized carbons (Fsp3) is 0.364. The molecule has 0 heterocycles. The molecule has 0 saturated heterocycles. The molecular weight excluding hydrogens is 310 g/mol. The van der Waals surface area contributed by atoms with Crippen molar-refractivity contribution < 1.29 is 9.18 Å². The first-order valence-corrected chi connectivity index (χ1v) is 5.78. The van der Waals surface area contributed by atoms with Crippen LogP contribution in [0.15, 0.2) is 22.7 Å². The second kappa shape index (κ2) is 8.44. The van der Waals surface area contributed by atoms with E-state index in [2.05, 4.69) is 26.6 Å². The van der Waals surface area contributed by atoms with Gasteiger partial charge < -0.3 is 10.6 Å². The van der Waals surface area contributed by atoms with Crippen molar-refractivity contribution in [3.05, 3.63) is 34.1 Å². The molecule has 0 aromatic heterocycles. The summed E-state index contributed by atoms with van der Waals surface area (Å²) < 4.78 is 13.7. The second-order valence-electron chi connectivity index (χ2n) is 3.37. The maximum absolute atomic E-state index is 12.9. The first kappa shape index (κ1) is 16.4. The molecule has 96 valence electrons. The molecule has 0 saturated carbocycles. The van der Waals surface area contributed by atoms with Gasteiger partial charge in [-0.25, -0.2) is 4.39 Å². The molecule has 1 amide bonds. The zero-order chi connectivity index (χ0) is 12.0. The van der Waals surface area contributed by atoms with Crippen LogP contribution in [0.1, 0.15) is 12.0 Å². The number of benzene rings is 1. The summed E-state index contributed by atoms with van der Waals surface area (Å²) in [4.78, 5) is 11.3. The molecule has 1 aromatic rings. The van der Waals surface area contributed by atoms with Crippen LogP contribution >= 0.6 is 28.3 Å². The van der Waals surface area contributed by atoms with E-state index in [1.54, 1.807) is 13.1 Å². The van der Waals surface area contributed by atoms with Gasteiger partial charge in [-0.3, -0.25) is 4.79 Å². The molecular formula is C11H15BrClFN2O. The number of amides is 1. The van der Waals surface area contributed by atoms with Crippen molar-refractivity contribution in [2.75, 3.05) is 13.6 Å². The minimum Gasteiger partial charge on any atom is -0.352 e. The third kappa shape index (κ3) is 6.00. The van der Waals surface area contributed by atoms with Crippen LogP contribution in [-0.2, 0) is 11.3 Å². The molecule has 1 rings (SSSR count). The molecule has 0 atom stereocenters. The van der Waals surface area contributed by atoms with E-state index >= 15 is 0 Å². The monoisotopic (exact) mass is 324 g/mol. The Labute approximate surface area is 115 Å². The van der Waals surface area contributed by atoms with Crippen molar-refractivity contribution in [1.82, 2.24) is 10.6 Å². The molecule has 0 bridgehead atoms. The maximum Gasteiger partial charge on any atom is 0.221 e. The summed E-state index contributed by atoms with van der Waals surface area (Å²) in [6.07, 6.45) is 0.420. The largest absolute Gasteiger partial charge is 0.352 e. The van der Waals surface area contributed by atoms with Gasteiger partial charge in [0.2, 0.25) is 5.91 Å². The van der Waals surface area contributed by atoms with Crippen molar-refractivity contribution >= 4 is 34.2 Å². The van der Waals surface area contributed by atoms with Crippen LogP contribution in [0.4, 0.5) is 4.39 Å². The summed E-state index contributed by atoms with van der Waals surface area (Å²) >= 11 is 3.30. The Morgan fingerprint density at radius 3 is 2.82 bits per heavy atom. The molecule has 0 fully saturated rings. The van der Waals surface area contributed by atoms with E-state index in [4.69, 9.17) is 0 Å². The number of halogens is 3. The SMILES string of the molecule is CNCCC(=O)NCc1cc(F)ccc1Br.Cl. The van der Waals surface area contributed by atoms with Gasteiger partial charge in [-0.15, -0.1) is 12.4 Å². The minimum atomic E-state index is -0.303. The van der Waals surface area contributed by atoms with Crippen LogP contribution in [0.25, 0.3) is 0 Å². The van der Waals surface area contributed by atoms with Crippen LogP contribution in [0.5, 0.6) is 0 Å². The fourth-order valence-corrected chi connectivity index (χ4v) is 1.59. The highest BCUT2D eigenvalue weighted by atomic mass is 79.9.